The molecule has 0 aromatic heterocycles. The Hall–Kier alpha value is -3.67. The first kappa shape index (κ1) is 24.5. The fraction of sp³-hybridized carbons (Fsp3) is 0.310. The van der Waals surface area contributed by atoms with Crippen LogP contribution in [0.2, 0.25) is 0 Å². The quantitative estimate of drug-likeness (QED) is 0.287. The number of hydrogen-bond acceptors (Lipinski definition) is 4. The number of amides is 1. The van der Waals surface area contributed by atoms with Gasteiger partial charge < -0.3 is 14.4 Å². The maximum atomic E-state index is 13.4. The Balaban J connectivity index is 1.34. The number of carbonyl (C=O) groups excluding carboxylic acids is 2. The van der Waals surface area contributed by atoms with Crippen molar-refractivity contribution in [3.8, 4) is 5.75 Å². The number of nitrogens with zero attached hydrogens (tertiary/aromatic N) is 1. The van der Waals surface area contributed by atoms with Gasteiger partial charge in [-0.1, -0.05) is 60.7 Å². The van der Waals surface area contributed by atoms with Crippen LogP contribution in [0.25, 0.3) is 0 Å². The minimum absolute atomic E-state index is 0.0461. The number of unbranched alkanes of at least 4 members (excludes halogenated alkanes) is 1. The number of halogens is 1. The molecule has 1 aliphatic rings. The van der Waals surface area contributed by atoms with E-state index in [2.05, 4.69) is 0 Å². The van der Waals surface area contributed by atoms with E-state index in [9.17, 15) is 14.0 Å². The van der Waals surface area contributed by atoms with Crippen LogP contribution < -0.4 is 4.74 Å². The van der Waals surface area contributed by atoms with Gasteiger partial charge >= 0.3 is 5.97 Å². The monoisotopic (exact) mass is 475 g/mol. The van der Waals surface area contributed by atoms with E-state index in [1.165, 1.54) is 12.1 Å². The first-order valence-corrected chi connectivity index (χ1v) is 12.0. The normalized spacial score (nSPS) is 17.2. The average Bonchev–Trinajstić information content (AvgIpc) is 3.34. The molecular weight excluding hydrogens is 445 g/mol. The van der Waals surface area contributed by atoms with Crippen molar-refractivity contribution in [2.24, 2.45) is 0 Å². The minimum Gasteiger partial charge on any atom is -0.494 e. The minimum atomic E-state index is -0.651. The van der Waals surface area contributed by atoms with Gasteiger partial charge in [-0.2, -0.15) is 0 Å². The molecule has 0 aliphatic carbocycles. The molecule has 2 atom stereocenters. The number of esters is 1. The van der Waals surface area contributed by atoms with E-state index in [0.29, 0.717) is 32.4 Å². The topological polar surface area (TPSA) is 55.8 Å². The lowest BCUT2D eigenvalue weighted by molar-refractivity contribution is -0.154. The van der Waals surface area contributed by atoms with Crippen LogP contribution in [0, 0.1) is 5.82 Å². The van der Waals surface area contributed by atoms with Crippen LogP contribution in [0.5, 0.6) is 5.75 Å². The van der Waals surface area contributed by atoms with E-state index in [-0.39, 0.29) is 24.2 Å². The molecule has 35 heavy (non-hydrogen) atoms. The van der Waals surface area contributed by atoms with Crippen LogP contribution in [-0.2, 0) is 20.9 Å². The van der Waals surface area contributed by atoms with Crippen LogP contribution >= 0.6 is 0 Å². The highest BCUT2D eigenvalue weighted by molar-refractivity contribution is 5.85. The highest BCUT2D eigenvalue weighted by Gasteiger charge is 2.40. The lowest BCUT2D eigenvalue weighted by Gasteiger charge is -2.23. The Labute approximate surface area is 205 Å². The molecule has 3 aromatic rings. The number of rotatable bonds is 10. The molecule has 0 bridgehead atoms. The Morgan fingerprint density at radius 2 is 1.57 bits per heavy atom. The molecule has 6 heteroatoms. The summed E-state index contributed by atoms with van der Waals surface area (Å²) in [5.74, 6) is -0.0246. The zero-order chi connectivity index (χ0) is 24.5. The summed E-state index contributed by atoms with van der Waals surface area (Å²) < 4.78 is 24.7. The summed E-state index contributed by atoms with van der Waals surface area (Å²) in [5, 5.41) is 0. The standard InChI is InChI=1S/C29H30FNO4/c30-25-16-14-23(15-17-25)24-19-27(29(33)35-21-22-9-3-1-4-10-22)31(20-24)28(32)13-7-8-18-34-26-11-5-2-6-12-26/h1-6,9-12,14-17,24,27H,7-8,13,18-21H2. The van der Waals surface area contributed by atoms with E-state index < -0.39 is 12.0 Å². The maximum absolute atomic E-state index is 13.4. The molecule has 1 amide bonds. The van der Waals surface area contributed by atoms with Gasteiger partial charge in [-0.15, -0.1) is 0 Å². The maximum Gasteiger partial charge on any atom is 0.329 e. The van der Waals surface area contributed by atoms with E-state index in [0.717, 1.165) is 23.3 Å². The van der Waals surface area contributed by atoms with Crippen molar-refractivity contribution in [2.75, 3.05) is 13.2 Å². The Morgan fingerprint density at radius 3 is 2.29 bits per heavy atom. The van der Waals surface area contributed by atoms with Gasteiger partial charge in [-0.05, 0) is 54.7 Å². The molecule has 3 aromatic carbocycles. The van der Waals surface area contributed by atoms with Gasteiger partial charge in [0.25, 0.3) is 0 Å². The molecular formula is C29H30FNO4. The second kappa shape index (κ2) is 12.2. The van der Waals surface area contributed by atoms with E-state index in [1.807, 2.05) is 60.7 Å². The smallest absolute Gasteiger partial charge is 0.329 e. The number of benzene rings is 3. The molecule has 0 spiro atoms. The highest BCUT2D eigenvalue weighted by atomic mass is 19.1. The van der Waals surface area contributed by atoms with Gasteiger partial charge in [-0.25, -0.2) is 9.18 Å². The molecule has 182 valence electrons. The zero-order valence-electron chi connectivity index (χ0n) is 19.6. The molecule has 5 nitrogen and oxygen atoms in total. The largest absolute Gasteiger partial charge is 0.494 e. The summed E-state index contributed by atoms with van der Waals surface area (Å²) in [6.07, 6.45) is 2.19. The van der Waals surface area contributed by atoms with Gasteiger partial charge in [0.15, 0.2) is 0 Å². The number of hydrogen-bond donors (Lipinski definition) is 0. The fourth-order valence-electron chi connectivity index (χ4n) is 4.37. The molecule has 0 N–H and O–H groups in total. The predicted molar refractivity (Wildman–Crippen MR) is 131 cm³/mol. The zero-order valence-corrected chi connectivity index (χ0v) is 19.6. The van der Waals surface area contributed by atoms with E-state index in [4.69, 9.17) is 9.47 Å². The molecule has 1 heterocycles. The van der Waals surface area contributed by atoms with Gasteiger partial charge in [0.05, 0.1) is 6.61 Å². The van der Waals surface area contributed by atoms with Crippen molar-refractivity contribution in [2.45, 2.75) is 44.2 Å². The SMILES string of the molecule is O=C(OCc1ccccc1)C1CC(c2ccc(F)cc2)CN1C(=O)CCCCOc1ccccc1. The molecule has 1 saturated heterocycles. The molecule has 1 aliphatic heterocycles. The van der Waals surface area contributed by atoms with Crippen molar-refractivity contribution in [3.63, 3.8) is 0 Å². The Kier molecular flexibility index (Phi) is 8.49. The lowest BCUT2D eigenvalue weighted by Crippen LogP contribution is -2.41. The second-order valence-electron chi connectivity index (χ2n) is 8.76. The Morgan fingerprint density at radius 1 is 0.886 bits per heavy atom. The first-order chi connectivity index (χ1) is 17.1. The van der Waals surface area contributed by atoms with Gasteiger partial charge in [0.1, 0.15) is 24.2 Å². The van der Waals surface area contributed by atoms with E-state index in [1.54, 1.807) is 17.0 Å². The third-order valence-corrected chi connectivity index (χ3v) is 6.26. The van der Waals surface area contributed by atoms with E-state index >= 15 is 0 Å². The average molecular weight is 476 g/mol. The third kappa shape index (κ3) is 6.92. The van der Waals surface area contributed by atoms with Crippen molar-refractivity contribution in [1.82, 2.24) is 4.90 Å². The molecule has 2 unspecified atom stereocenters. The van der Waals surface area contributed by atoms with Crippen LogP contribution in [0.15, 0.2) is 84.9 Å². The Bertz CT molecular complexity index is 1090. The van der Waals surface area contributed by atoms with Crippen LogP contribution in [0.3, 0.4) is 0 Å². The molecule has 0 saturated carbocycles. The first-order valence-electron chi connectivity index (χ1n) is 12.0. The van der Waals surface area contributed by atoms with Gasteiger partial charge in [0, 0.05) is 18.9 Å². The number of carbonyl (C=O) groups is 2. The summed E-state index contributed by atoms with van der Waals surface area (Å²) in [4.78, 5) is 27.8. The summed E-state index contributed by atoms with van der Waals surface area (Å²) >= 11 is 0. The summed E-state index contributed by atoms with van der Waals surface area (Å²) in [5.41, 5.74) is 1.81. The van der Waals surface area contributed by atoms with Crippen LogP contribution in [0.1, 0.15) is 42.7 Å². The van der Waals surface area contributed by atoms with Crippen molar-refractivity contribution >= 4 is 11.9 Å². The van der Waals surface area contributed by atoms with Gasteiger partial charge in [-0.3, -0.25) is 4.79 Å². The van der Waals surface area contributed by atoms with Crippen LogP contribution in [0.4, 0.5) is 4.39 Å². The van der Waals surface area contributed by atoms with Crippen molar-refractivity contribution in [1.29, 1.82) is 0 Å². The number of likely N-dealkylation sites (tertiary alicyclic amines) is 1. The van der Waals surface area contributed by atoms with Crippen molar-refractivity contribution < 1.29 is 23.5 Å². The molecule has 4 rings (SSSR count). The highest BCUT2D eigenvalue weighted by Crippen LogP contribution is 2.33. The summed E-state index contributed by atoms with van der Waals surface area (Å²) in [6.45, 7) is 1.10. The second-order valence-corrected chi connectivity index (χ2v) is 8.76. The molecule has 0 radical (unpaired) electrons. The van der Waals surface area contributed by atoms with Crippen molar-refractivity contribution in [3.05, 3.63) is 102 Å². The number of para-hydroxylation sites is 1. The predicted octanol–water partition coefficient (Wildman–Crippen LogP) is 5.50. The van der Waals surface area contributed by atoms with Crippen LogP contribution in [-0.4, -0.2) is 36.0 Å². The summed E-state index contributed by atoms with van der Waals surface area (Å²) in [6, 6.07) is 24.7. The molecule has 1 fully saturated rings. The lowest BCUT2D eigenvalue weighted by atomic mass is 9.96. The summed E-state index contributed by atoms with van der Waals surface area (Å²) in [7, 11) is 0. The number of ether oxygens (including phenoxy) is 2. The fourth-order valence-corrected chi connectivity index (χ4v) is 4.37. The third-order valence-electron chi connectivity index (χ3n) is 6.26. The van der Waals surface area contributed by atoms with Gasteiger partial charge in [0.2, 0.25) is 5.91 Å².